The molecule has 0 spiro atoms. The number of nitrogens with zero attached hydrogens (tertiary/aromatic N) is 3. The number of aryl methyl sites for hydroxylation is 2. The number of carbonyl (C=O) groups is 1. The molecule has 4 rings (SSSR count). The number of amides is 1. The van der Waals surface area contributed by atoms with Crippen LogP contribution in [0.25, 0.3) is 11.1 Å². The first kappa shape index (κ1) is 20.8. The number of anilines is 2. The molecule has 0 radical (unpaired) electrons. The molecule has 1 aromatic heterocycles. The van der Waals surface area contributed by atoms with Gasteiger partial charge in [-0.1, -0.05) is 35.6 Å². The standard InChI is InChI=1S/C22H23FN4OS2/c1-13-4-9-18(19(23)10-13)15-5-7-17(8-6-15)27-11-16(12-27)20(28)26(3)22-25-14(2)21(29-22)30-24/h4-10,16H,11-12,24H2,1-3H3. The zero-order chi connectivity index (χ0) is 21.4. The van der Waals surface area contributed by atoms with E-state index in [-0.39, 0.29) is 17.6 Å². The molecule has 3 aromatic rings. The van der Waals surface area contributed by atoms with Crippen LogP contribution in [0.2, 0.25) is 0 Å². The molecule has 0 unspecified atom stereocenters. The molecule has 1 aliphatic rings. The lowest BCUT2D eigenvalue weighted by Crippen LogP contribution is -2.54. The number of benzene rings is 2. The summed E-state index contributed by atoms with van der Waals surface area (Å²) in [6.07, 6.45) is 0. The maximum absolute atomic E-state index is 14.2. The molecule has 8 heteroatoms. The first-order valence-electron chi connectivity index (χ1n) is 9.60. The van der Waals surface area contributed by atoms with Crippen molar-refractivity contribution in [3.05, 3.63) is 59.5 Å². The van der Waals surface area contributed by atoms with Crippen LogP contribution in [-0.4, -0.2) is 31.0 Å². The Balaban J connectivity index is 1.39. The number of rotatable bonds is 5. The highest BCUT2D eigenvalue weighted by atomic mass is 32.2. The Labute approximate surface area is 183 Å². The number of hydrogen-bond acceptors (Lipinski definition) is 6. The summed E-state index contributed by atoms with van der Waals surface area (Å²) in [4.78, 5) is 21.0. The van der Waals surface area contributed by atoms with E-state index < -0.39 is 0 Å². The highest BCUT2D eigenvalue weighted by Gasteiger charge is 2.35. The highest BCUT2D eigenvalue weighted by Crippen LogP contribution is 2.33. The van der Waals surface area contributed by atoms with Crippen molar-refractivity contribution >= 4 is 40.0 Å². The van der Waals surface area contributed by atoms with E-state index in [2.05, 4.69) is 9.88 Å². The SMILES string of the molecule is Cc1ccc(-c2ccc(N3CC(C(=O)N(C)c4nc(C)c(SN)s4)C3)cc2)c(F)c1. The second kappa shape index (κ2) is 8.37. The molecule has 2 aromatic carbocycles. The third kappa shape index (κ3) is 3.95. The van der Waals surface area contributed by atoms with E-state index in [1.54, 1.807) is 18.0 Å². The van der Waals surface area contributed by atoms with Crippen molar-refractivity contribution in [2.24, 2.45) is 11.1 Å². The van der Waals surface area contributed by atoms with Crippen molar-refractivity contribution in [1.29, 1.82) is 0 Å². The van der Waals surface area contributed by atoms with Gasteiger partial charge < -0.3 is 4.90 Å². The fourth-order valence-corrected chi connectivity index (χ4v) is 4.94. The predicted molar refractivity (Wildman–Crippen MR) is 123 cm³/mol. The summed E-state index contributed by atoms with van der Waals surface area (Å²) in [6.45, 7) is 5.08. The Morgan fingerprint density at radius 3 is 2.53 bits per heavy atom. The number of nitrogens with two attached hydrogens (primary N) is 1. The third-order valence-electron chi connectivity index (χ3n) is 5.37. The monoisotopic (exact) mass is 442 g/mol. The normalized spacial score (nSPS) is 14.0. The van der Waals surface area contributed by atoms with Gasteiger partial charge in [0.15, 0.2) is 5.13 Å². The molecule has 0 bridgehead atoms. The lowest BCUT2D eigenvalue weighted by atomic mass is 9.97. The van der Waals surface area contributed by atoms with E-state index in [0.717, 1.165) is 38.7 Å². The van der Waals surface area contributed by atoms with Gasteiger partial charge in [0, 0.05) is 31.4 Å². The summed E-state index contributed by atoms with van der Waals surface area (Å²) < 4.78 is 15.1. The summed E-state index contributed by atoms with van der Waals surface area (Å²) in [5.41, 5.74) is 4.23. The van der Waals surface area contributed by atoms with Crippen LogP contribution in [0.4, 0.5) is 15.2 Å². The molecule has 2 N–H and O–H groups in total. The second-order valence-corrected chi connectivity index (χ2v) is 9.40. The van der Waals surface area contributed by atoms with Gasteiger partial charge in [-0.2, -0.15) is 0 Å². The van der Waals surface area contributed by atoms with Crippen molar-refractivity contribution in [3.63, 3.8) is 0 Å². The van der Waals surface area contributed by atoms with Crippen LogP contribution in [-0.2, 0) is 4.79 Å². The van der Waals surface area contributed by atoms with E-state index in [0.29, 0.717) is 23.8 Å². The fraction of sp³-hybridized carbons (Fsp3) is 0.273. The maximum Gasteiger partial charge on any atom is 0.235 e. The van der Waals surface area contributed by atoms with E-state index >= 15 is 0 Å². The third-order valence-corrected chi connectivity index (χ3v) is 7.44. The summed E-state index contributed by atoms with van der Waals surface area (Å²) in [5, 5.41) is 6.31. The maximum atomic E-state index is 14.2. The molecular weight excluding hydrogens is 419 g/mol. The average molecular weight is 443 g/mol. The largest absolute Gasteiger partial charge is 0.370 e. The first-order valence-corrected chi connectivity index (χ1v) is 11.3. The minimum atomic E-state index is -0.214. The van der Waals surface area contributed by atoms with Gasteiger partial charge in [0.2, 0.25) is 5.91 Å². The summed E-state index contributed by atoms with van der Waals surface area (Å²) >= 11 is 2.59. The molecule has 1 fully saturated rings. The second-order valence-electron chi connectivity index (χ2n) is 7.52. The lowest BCUT2D eigenvalue weighted by molar-refractivity contribution is -0.122. The van der Waals surface area contributed by atoms with Crippen molar-refractivity contribution in [2.45, 2.75) is 18.1 Å². The van der Waals surface area contributed by atoms with Crippen LogP contribution in [0, 0.1) is 25.6 Å². The van der Waals surface area contributed by atoms with Crippen LogP contribution in [0.3, 0.4) is 0 Å². The Kier molecular flexibility index (Phi) is 5.81. The van der Waals surface area contributed by atoms with Gasteiger partial charge in [-0.3, -0.25) is 14.8 Å². The molecule has 0 atom stereocenters. The van der Waals surface area contributed by atoms with Crippen molar-refractivity contribution in [1.82, 2.24) is 4.98 Å². The van der Waals surface area contributed by atoms with Gasteiger partial charge in [-0.05, 0) is 55.1 Å². The Morgan fingerprint density at radius 2 is 1.93 bits per heavy atom. The van der Waals surface area contributed by atoms with Crippen LogP contribution >= 0.6 is 23.3 Å². The first-order chi connectivity index (χ1) is 14.4. The van der Waals surface area contributed by atoms with Gasteiger partial charge in [0.05, 0.1) is 15.8 Å². The molecule has 0 aliphatic carbocycles. The quantitative estimate of drug-likeness (QED) is 0.584. The topological polar surface area (TPSA) is 62.5 Å². The van der Waals surface area contributed by atoms with Gasteiger partial charge in [-0.15, -0.1) is 0 Å². The number of aromatic nitrogens is 1. The molecule has 5 nitrogen and oxygen atoms in total. The van der Waals surface area contributed by atoms with Crippen LogP contribution in [0.5, 0.6) is 0 Å². The van der Waals surface area contributed by atoms with E-state index in [4.69, 9.17) is 5.14 Å². The van der Waals surface area contributed by atoms with Crippen molar-refractivity contribution in [3.8, 4) is 11.1 Å². The van der Waals surface area contributed by atoms with Gasteiger partial charge in [-0.25, -0.2) is 9.37 Å². The van der Waals surface area contributed by atoms with E-state index in [1.165, 1.54) is 11.3 Å². The molecule has 1 saturated heterocycles. The number of hydrogen-bond donors (Lipinski definition) is 1. The summed E-state index contributed by atoms with van der Waals surface area (Å²) in [6, 6.07) is 13.1. The Hall–Kier alpha value is -2.42. The van der Waals surface area contributed by atoms with Crippen LogP contribution in [0.1, 0.15) is 11.3 Å². The molecule has 30 heavy (non-hydrogen) atoms. The van der Waals surface area contributed by atoms with E-state index in [9.17, 15) is 9.18 Å². The lowest BCUT2D eigenvalue weighted by Gasteiger charge is -2.41. The average Bonchev–Trinajstić information content (AvgIpc) is 3.07. The molecule has 1 aliphatic heterocycles. The zero-order valence-electron chi connectivity index (χ0n) is 17.1. The van der Waals surface area contributed by atoms with Crippen LogP contribution < -0.4 is 14.9 Å². The number of halogens is 1. The Morgan fingerprint density at radius 1 is 1.23 bits per heavy atom. The molecule has 0 saturated carbocycles. The zero-order valence-corrected chi connectivity index (χ0v) is 18.7. The van der Waals surface area contributed by atoms with Crippen molar-refractivity contribution in [2.75, 3.05) is 29.9 Å². The van der Waals surface area contributed by atoms with Gasteiger partial charge in [0.25, 0.3) is 0 Å². The fourth-order valence-electron chi connectivity index (χ4n) is 3.54. The molecular formula is C22H23FN4OS2. The minimum absolute atomic E-state index is 0.0620. The van der Waals surface area contributed by atoms with Crippen LogP contribution in [0.15, 0.2) is 46.7 Å². The van der Waals surface area contributed by atoms with Crippen molar-refractivity contribution < 1.29 is 9.18 Å². The highest BCUT2D eigenvalue weighted by molar-refractivity contribution is 7.99. The summed E-state index contributed by atoms with van der Waals surface area (Å²) in [7, 11) is 1.76. The van der Waals surface area contributed by atoms with Gasteiger partial charge >= 0.3 is 0 Å². The van der Waals surface area contributed by atoms with E-state index in [1.807, 2.05) is 50.2 Å². The minimum Gasteiger partial charge on any atom is -0.370 e. The summed E-state index contributed by atoms with van der Waals surface area (Å²) in [5.74, 6) is -0.219. The predicted octanol–water partition coefficient (Wildman–Crippen LogP) is 4.63. The number of carbonyl (C=O) groups excluding carboxylic acids is 1. The number of thiazole rings is 1. The molecule has 156 valence electrons. The molecule has 2 heterocycles. The molecule has 1 amide bonds. The van der Waals surface area contributed by atoms with Gasteiger partial charge in [0.1, 0.15) is 5.82 Å². The smallest absolute Gasteiger partial charge is 0.235 e. The Bertz CT molecular complexity index is 1080.